The van der Waals surface area contributed by atoms with Crippen LogP contribution in [0.25, 0.3) is 0 Å². The summed E-state index contributed by atoms with van der Waals surface area (Å²) in [6, 6.07) is 8.58. The van der Waals surface area contributed by atoms with Crippen LogP contribution in [0.2, 0.25) is 0 Å². The molecule has 1 aromatic carbocycles. The second kappa shape index (κ2) is 12.5. The summed E-state index contributed by atoms with van der Waals surface area (Å²) in [4.78, 5) is 14.3. The highest BCUT2D eigenvalue weighted by atomic mass is 35.5. The zero-order valence-corrected chi connectivity index (χ0v) is 16.3. The highest BCUT2D eigenvalue weighted by Gasteiger charge is 2.17. The van der Waals surface area contributed by atoms with Crippen LogP contribution >= 0.6 is 24.8 Å². The Hall–Kier alpha value is -0.810. The second-order valence-electron chi connectivity index (χ2n) is 6.12. The third-order valence-electron chi connectivity index (χ3n) is 4.45. The Labute approximate surface area is 158 Å². The molecular weight excluding hydrogens is 345 g/mol. The van der Waals surface area contributed by atoms with Crippen molar-refractivity contribution in [1.29, 1.82) is 0 Å². The van der Waals surface area contributed by atoms with Crippen LogP contribution in [0.5, 0.6) is 0 Å². The van der Waals surface area contributed by atoms with Crippen molar-refractivity contribution in [3.63, 3.8) is 0 Å². The van der Waals surface area contributed by atoms with Gasteiger partial charge in [-0.3, -0.25) is 9.69 Å². The number of benzene rings is 1. The molecule has 0 saturated carbocycles. The van der Waals surface area contributed by atoms with Gasteiger partial charge in [0.05, 0.1) is 0 Å². The van der Waals surface area contributed by atoms with Gasteiger partial charge in [-0.15, -0.1) is 24.8 Å². The van der Waals surface area contributed by atoms with Crippen molar-refractivity contribution >= 4 is 30.7 Å². The summed E-state index contributed by atoms with van der Waals surface area (Å²) in [7, 11) is 0. The molecule has 138 valence electrons. The van der Waals surface area contributed by atoms with Crippen molar-refractivity contribution in [2.24, 2.45) is 5.92 Å². The molecule has 1 unspecified atom stereocenters. The zero-order valence-electron chi connectivity index (χ0n) is 14.7. The molecule has 2 N–H and O–H groups in total. The quantitative estimate of drug-likeness (QED) is 0.733. The van der Waals surface area contributed by atoms with E-state index in [1.807, 2.05) is 0 Å². The standard InChI is InChI=1S/C18H29N3O.2ClH/c1-3-21(4-2)14-16-7-5-15(6-8-16)13-20-18(22)11-17-9-10-19-12-17;;/h5-8,17,19H,3-4,9-14H2,1-2H3,(H,20,22);2*1H. The van der Waals surface area contributed by atoms with Crippen LogP contribution in [-0.2, 0) is 17.9 Å². The molecule has 0 radical (unpaired) electrons. The smallest absolute Gasteiger partial charge is 0.220 e. The molecule has 0 spiro atoms. The normalized spacial score (nSPS) is 16.4. The SMILES string of the molecule is CCN(CC)Cc1ccc(CNC(=O)CC2CCNC2)cc1.Cl.Cl. The van der Waals surface area contributed by atoms with Crippen molar-refractivity contribution in [2.75, 3.05) is 26.2 Å². The highest BCUT2D eigenvalue weighted by molar-refractivity contribution is 5.85. The Morgan fingerprint density at radius 3 is 2.33 bits per heavy atom. The molecule has 0 bridgehead atoms. The minimum atomic E-state index is 0. The van der Waals surface area contributed by atoms with Gasteiger partial charge in [-0.1, -0.05) is 38.1 Å². The molecule has 0 aromatic heterocycles. The molecule has 1 aliphatic rings. The topological polar surface area (TPSA) is 44.4 Å². The van der Waals surface area contributed by atoms with Crippen LogP contribution in [-0.4, -0.2) is 37.0 Å². The summed E-state index contributed by atoms with van der Waals surface area (Å²) in [5, 5.41) is 6.33. The summed E-state index contributed by atoms with van der Waals surface area (Å²) < 4.78 is 0. The van der Waals surface area contributed by atoms with E-state index in [9.17, 15) is 4.79 Å². The lowest BCUT2D eigenvalue weighted by atomic mass is 10.0. The maximum absolute atomic E-state index is 11.9. The number of hydrogen-bond acceptors (Lipinski definition) is 3. The van der Waals surface area contributed by atoms with Gasteiger partial charge in [0.2, 0.25) is 5.91 Å². The van der Waals surface area contributed by atoms with E-state index in [-0.39, 0.29) is 30.7 Å². The number of carbonyl (C=O) groups excluding carboxylic acids is 1. The van der Waals surface area contributed by atoms with Crippen LogP contribution in [0.15, 0.2) is 24.3 Å². The van der Waals surface area contributed by atoms with Crippen LogP contribution in [0, 0.1) is 5.92 Å². The van der Waals surface area contributed by atoms with Crippen LogP contribution in [0.1, 0.15) is 37.8 Å². The molecule has 2 rings (SSSR count). The first kappa shape index (κ1) is 23.2. The van der Waals surface area contributed by atoms with Crippen molar-refractivity contribution in [1.82, 2.24) is 15.5 Å². The molecular formula is C18H31Cl2N3O. The van der Waals surface area contributed by atoms with Crippen molar-refractivity contribution in [2.45, 2.75) is 39.8 Å². The van der Waals surface area contributed by atoms with Crippen molar-refractivity contribution in [3.05, 3.63) is 35.4 Å². The summed E-state index contributed by atoms with van der Waals surface area (Å²) >= 11 is 0. The third-order valence-corrected chi connectivity index (χ3v) is 4.45. The Balaban J connectivity index is 0.00000264. The van der Waals surface area contributed by atoms with E-state index in [0.717, 1.165) is 39.1 Å². The lowest BCUT2D eigenvalue weighted by Gasteiger charge is -2.18. The lowest BCUT2D eigenvalue weighted by molar-refractivity contribution is -0.122. The molecule has 6 heteroatoms. The van der Waals surface area contributed by atoms with Gasteiger partial charge in [-0.2, -0.15) is 0 Å². The number of nitrogens with one attached hydrogen (secondary N) is 2. The van der Waals surface area contributed by atoms with Gasteiger partial charge in [0.25, 0.3) is 0 Å². The van der Waals surface area contributed by atoms with E-state index >= 15 is 0 Å². The van der Waals surface area contributed by atoms with Gasteiger partial charge in [-0.05, 0) is 49.6 Å². The zero-order chi connectivity index (χ0) is 15.8. The largest absolute Gasteiger partial charge is 0.352 e. The van der Waals surface area contributed by atoms with Crippen LogP contribution in [0.4, 0.5) is 0 Å². The molecule has 1 atom stereocenters. The van der Waals surface area contributed by atoms with Gasteiger partial charge in [-0.25, -0.2) is 0 Å². The minimum absolute atomic E-state index is 0. The fraction of sp³-hybridized carbons (Fsp3) is 0.611. The van der Waals surface area contributed by atoms with Gasteiger partial charge in [0.1, 0.15) is 0 Å². The number of hydrogen-bond donors (Lipinski definition) is 2. The average molecular weight is 376 g/mol. The molecule has 1 aromatic rings. The van der Waals surface area contributed by atoms with Crippen LogP contribution < -0.4 is 10.6 Å². The summed E-state index contributed by atoms with van der Waals surface area (Å²) in [5.41, 5.74) is 2.50. The van der Waals surface area contributed by atoms with Gasteiger partial charge in [0, 0.05) is 19.5 Å². The first-order chi connectivity index (χ1) is 10.7. The molecule has 1 amide bonds. The van der Waals surface area contributed by atoms with Crippen LogP contribution in [0.3, 0.4) is 0 Å². The number of halogens is 2. The second-order valence-corrected chi connectivity index (χ2v) is 6.12. The Kier molecular flexibility index (Phi) is 12.1. The van der Waals surface area contributed by atoms with Gasteiger partial charge < -0.3 is 10.6 Å². The third kappa shape index (κ3) is 7.84. The molecule has 4 nitrogen and oxygen atoms in total. The predicted octanol–water partition coefficient (Wildman–Crippen LogP) is 2.99. The molecule has 1 heterocycles. The summed E-state index contributed by atoms with van der Waals surface area (Å²) in [6.45, 7) is 10.2. The Bertz CT molecular complexity index is 458. The predicted molar refractivity (Wildman–Crippen MR) is 105 cm³/mol. The molecule has 0 aliphatic carbocycles. The summed E-state index contributed by atoms with van der Waals surface area (Å²) in [6.07, 6.45) is 1.76. The highest BCUT2D eigenvalue weighted by Crippen LogP contribution is 2.12. The first-order valence-corrected chi connectivity index (χ1v) is 8.48. The fourth-order valence-corrected chi connectivity index (χ4v) is 2.89. The maximum Gasteiger partial charge on any atom is 0.220 e. The number of nitrogens with zero attached hydrogens (tertiary/aromatic N) is 1. The Morgan fingerprint density at radius 2 is 1.79 bits per heavy atom. The maximum atomic E-state index is 11.9. The van der Waals surface area contributed by atoms with E-state index < -0.39 is 0 Å². The van der Waals surface area contributed by atoms with E-state index in [0.29, 0.717) is 18.9 Å². The average Bonchev–Trinajstić information content (AvgIpc) is 3.04. The number of rotatable bonds is 8. The monoisotopic (exact) mass is 375 g/mol. The molecule has 1 saturated heterocycles. The summed E-state index contributed by atoms with van der Waals surface area (Å²) in [5.74, 6) is 0.678. The van der Waals surface area contributed by atoms with Crippen molar-refractivity contribution < 1.29 is 4.79 Å². The lowest BCUT2D eigenvalue weighted by Crippen LogP contribution is -2.26. The minimum Gasteiger partial charge on any atom is -0.352 e. The molecule has 1 fully saturated rings. The number of amides is 1. The van der Waals surface area contributed by atoms with Crippen molar-refractivity contribution in [3.8, 4) is 0 Å². The van der Waals surface area contributed by atoms with E-state index in [2.05, 4.69) is 53.6 Å². The Morgan fingerprint density at radius 1 is 1.17 bits per heavy atom. The molecule has 24 heavy (non-hydrogen) atoms. The first-order valence-electron chi connectivity index (χ1n) is 8.48. The van der Waals surface area contributed by atoms with Gasteiger partial charge in [0.15, 0.2) is 0 Å². The van der Waals surface area contributed by atoms with Gasteiger partial charge >= 0.3 is 0 Å². The van der Waals surface area contributed by atoms with E-state index in [1.54, 1.807) is 0 Å². The van der Waals surface area contributed by atoms with E-state index in [4.69, 9.17) is 0 Å². The molecule has 1 aliphatic heterocycles. The fourth-order valence-electron chi connectivity index (χ4n) is 2.89. The number of carbonyl (C=O) groups is 1. The van der Waals surface area contributed by atoms with E-state index in [1.165, 1.54) is 11.1 Å².